The fourth-order valence-corrected chi connectivity index (χ4v) is 3.68. The Hall–Kier alpha value is -0.900. The van der Waals surface area contributed by atoms with Gasteiger partial charge in [0.15, 0.2) is 0 Å². The minimum atomic E-state index is -0.0424. The van der Waals surface area contributed by atoms with E-state index in [4.69, 9.17) is 4.74 Å². The van der Waals surface area contributed by atoms with Crippen LogP contribution in [-0.4, -0.2) is 43.3 Å². The summed E-state index contributed by atoms with van der Waals surface area (Å²) in [5, 5.41) is 3.48. The van der Waals surface area contributed by atoms with Crippen molar-refractivity contribution >= 4 is 0 Å². The number of nitrogens with zero attached hydrogens (tertiary/aromatic N) is 1. The molecule has 1 N–H and O–H groups in total. The summed E-state index contributed by atoms with van der Waals surface area (Å²) in [5.74, 6) is 0.554. The molecule has 2 rings (SSSR count). The Morgan fingerprint density at radius 3 is 2.57 bits per heavy atom. The van der Waals surface area contributed by atoms with Gasteiger partial charge in [-0.05, 0) is 39.3 Å². The lowest BCUT2D eigenvalue weighted by Crippen LogP contribution is -2.53. The van der Waals surface area contributed by atoms with E-state index in [1.165, 1.54) is 5.56 Å². The number of hydrogen-bond donors (Lipinski definition) is 1. The van der Waals surface area contributed by atoms with Crippen molar-refractivity contribution in [3.8, 4) is 0 Å². The summed E-state index contributed by atoms with van der Waals surface area (Å²) in [6.07, 6.45) is 0.311. The van der Waals surface area contributed by atoms with Crippen LogP contribution in [-0.2, 0) is 4.74 Å². The summed E-state index contributed by atoms with van der Waals surface area (Å²) >= 11 is 0. The molecule has 21 heavy (non-hydrogen) atoms. The Morgan fingerprint density at radius 1 is 1.33 bits per heavy atom. The van der Waals surface area contributed by atoms with E-state index < -0.39 is 0 Å². The molecule has 1 fully saturated rings. The van der Waals surface area contributed by atoms with Crippen molar-refractivity contribution in [2.24, 2.45) is 5.92 Å². The van der Waals surface area contributed by atoms with Gasteiger partial charge in [0, 0.05) is 25.7 Å². The van der Waals surface area contributed by atoms with E-state index in [9.17, 15) is 0 Å². The van der Waals surface area contributed by atoms with Gasteiger partial charge in [-0.15, -0.1) is 0 Å². The molecular formula is C18H30N2O. The second kappa shape index (κ2) is 6.91. The molecule has 3 atom stereocenters. The molecule has 1 aliphatic heterocycles. The molecule has 0 bridgehead atoms. The fourth-order valence-electron chi connectivity index (χ4n) is 3.68. The average molecular weight is 290 g/mol. The highest BCUT2D eigenvalue weighted by atomic mass is 16.5. The fraction of sp³-hybridized carbons (Fsp3) is 0.667. The molecule has 0 spiro atoms. The predicted molar refractivity (Wildman–Crippen MR) is 88.5 cm³/mol. The van der Waals surface area contributed by atoms with Crippen LogP contribution < -0.4 is 5.32 Å². The number of nitrogens with one attached hydrogen (secondary N) is 1. The van der Waals surface area contributed by atoms with Crippen molar-refractivity contribution in [3.63, 3.8) is 0 Å². The number of morpholine rings is 1. The highest BCUT2D eigenvalue weighted by Crippen LogP contribution is 2.26. The summed E-state index contributed by atoms with van der Waals surface area (Å²) in [6.45, 7) is 12.0. The second-order valence-electron chi connectivity index (χ2n) is 7.04. The first-order chi connectivity index (χ1) is 9.91. The van der Waals surface area contributed by atoms with E-state index in [0.717, 1.165) is 19.6 Å². The van der Waals surface area contributed by atoms with Crippen LogP contribution in [0.25, 0.3) is 0 Å². The van der Waals surface area contributed by atoms with Crippen molar-refractivity contribution in [1.82, 2.24) is 10.2 Å². The Balaban J connectivity index is 2.01. The predicted octanol–water partition coefficient (Wildman–Crippen LogP) is 3.08. The van der Waals surface area contributed by atoms with E-state index in [-0.39, 0.29) is 5.60 Å². The van der Waals surface area contributed by atoms with E-state index in [0.29, 0.717) is 18.1 Å². The third-order valence-corrected chi connectivity index (χ3v) is 4.22. The Bertz CT molecular complexity index is 432. The lowest BCUT2D eigenvalue weighted by Gasteiger charge is -2.43. The SMILES string of the molecule is CNC(c1ccccc1)C(C)CN1CC(C)OC(C)(C)C1. The topological polar surface area (TPSA) is 24.5 Å². The summed E-state index contributed by atoms with van der Waals surface area (Å²) in [4.78, 5) is 2.55. The van der Waals surface area contributed by atoms with Gasteiger partial charge >= 0.3 is 0 Å². The van der Waals surface area contributed by atoms with E-state index in [1.54, 1.807) is 0 Å². The van der Waals surface area contributed by atoms with Crippen molar-refractivity contribution in [2.45, 2.75) is 45.4 Å². The minimum absolute atomic E-state index is 0.0424. The van der Waals surface area contributed by atoms with Gasteiger partial charge in [0.05, 0.1) is 11.7 Å². The van der Waals surface area contributed by atoms with E-state index in [2.05, 4.69) is 75.3 Å². The molecule has 118 valence electrons. The third kappa shape index (κ3) is 4.53. The molecule has 3 nitrogen and oxygen atoms in total. The van der Waals surface area contributed by atoms with E-state index in [1.807, 2.05) is 0 Å². The number of hydrogen-bond acceptors (Lipinski definition) is 3. The molecule has 3 heteroatoms. The molecule has 0 aliphatic carbocycles. The monoisotopic (exact) mass is 290 g/mol. The van der Waals surface area contributed by atoms with Crippen LogP contribution in [0.2, 0.25) is 0 Å². The standard InChI is InChI=1S/C18H30N2O/c1-14(17(19-5)16-9-7-6-8-10-16)11-20-12-15(2)21-18(3,4)13-20/h6-10,14-15,17,19H,11-13H2,1-5H3. The summed E-state index contributed by atoms with van der Waals surface area (Å²) in [7, 11) is 2.06. The molecule has 0 radical (unpaired) electrons. The number of benzene rings is 1. The third-order valence-electron chi connectivity index (χ3n) is 4.22. The zero-order valence-electron chi connectivity index (χ0n) is 14.1. The van der Waals surface area contributed by atoms with Gasteiger partial charge in [0.2, 0.25) is 0 Å². The van der Waals surface area contributed by atoms with Gasteiger partial charge in [-0.25, -0.2) is 0 Å². The van der Waals surface area contributed by atoms with Gasteiger partial charge in [-0.1, -0.05) is 37.3 Å². The minimum Gasteiger partial charge on any atom is -0.370 e. The first kappa shape index (κ1) is 16.5. The lowest BCUT2D eigenvalue weighted by atomic mass is 9.93. The van der Waals surface area contributed by atoms with Crippen LogP contribution in [0.15, 0.2) is 30.3 Å². The number of ether oxygens (including phenoxy) is 1. The van der Waals surface area contributed by atoms with Gasteiger partial charge < -0.3 is 10.1 Å². The Morgan fingerprint density at radius 2 is 2.00 bits per heavy atom. The molecule has 1 saturated heterocycles. The summed E-state index contributed by atoms with van der Waals surface area (Å²) in [6, 6.07) is 11.1. The largest absolute Gasteiger partial charge is 0.370 e. The molecule has 1 heterocycles. The van der Waals surface area contributed by atoms with Crippen molar-refractivity contribution < 1.29 is 4.74 Å². The maximum atomic E-state index is 6.00. The van der Waals surface area contributed by atoms with Crippen LogP contribution in [0.4, 0.5) is 0 Å². The average Bonchev–Trinajstić information content (AvgIpc) is 2.38. The van der Waals surface area contributed by atoms with Crippen molar-refractivity contribution in [1.29, 1.82) is 0 Å². The summed E-state index contributed by atoms with van der Waals surface area (Å²) < 4.78 is 6.00. The second-order valence-corrected chi connectivity index (χ2v) is 7.04. The highest BCUT2D eigenvalue weighted by molar-refractivity contribution is 5.19. The smallest absolute Gasteiger partial charge is 0.0757 e. The normalized spacial score (nSPS) is 25.5. The van der Waals surface area contributed by atoms with Gasteiger partial charge in [0.1, 0.15) is 0 Å². The van der Waals surface area contributed by atoms with Crippen LogP contribution in [0.1, 0.15) is 39.3 Å². The molecule has 1 aliphatic rings. The van der Waals surface area contributed by atoms with Crippen LogP contribution >= 0.6 is 0 Å². The first-order valence-corrected chi connectivity index (χ1v) is 8.03. The first-order valence-electron chi connectivity index (χ1n) is 8.03. The van der Waals surface area contributed by atoms with Crippen molar-refractivity contribution in [2.75, 3.05) is 26.7 Å². The van der Waals surface area contributed by atoms with E-state index >= 15 is 0 Å². The lowest BCUT2D eigenvalue weighted by molar-refractivity contribution is -0.131. The maximum absolute atomic E-state index is 6.00. The quantitative estimate of drug-likeness (QED) is 0.902. The molecule has 3 unspecified atom stereocenters. The zero-order valence-corrected chi connectivity index (χ0v) is 14.1. The van der Waals surface area contributed by atoms with Crippen LogP contribution in [0, 0.1) is 5.92 Å². The van der Waals surface area contributed by atoms with Crippen LogP contribution in [0.5, 0.6) is 0 Å². The van der Waals surface area contributed by atoms with Crippen LogP contribution in [0.3, 0.4) is 0 Å². The van der Waals surface area contributed by atoms with Gasteiger partial charge in [0.25, 0.3) is 0 Å². The van der Waals surface area contributed by atoms with Gasteiger partial charge in [-0.3, -0.25) is 4.90 Å². The Labute approximate surface area is 129 Å². The number of rotatable bonds is 5. The molecule has 1 aromatic rings. The summed E-state index contributed by atoms with van der Waals surface area (Å²) in [5.41, 5.74) is 1.33. The van der Waals surface area contributed by atoms with Gasteiger partial charge in [-0.2, -0.15) is 0 Å². The van der Waals surface area contributed by atoms with Crippen molar-refractivity contribution in [3.05, 3.63) is 35.9 Å². The highest BCUT2D eigenvalue weighted by Gasteiger charge is 2.32. The zero-order chi connectivity index (χ0) is 15.5. The molecule has 0 saturated carbocycles. The molecule has 0 aromatic heterocycles. The Kier molecular flexibility index (Phi) is 5.42. The molecular weight excluding hydrogens is 260 g/mol. The maximum Gasteiger partial charge on any atom is 0.0757 e. The molecule has 1 aromatic carbocycles. The molecule has 0 amide bonds.